The SMILES string of the molecule is [B]C1=NNC([B])C1C. The van der Waals surface area contributed by atoms with Crippen molar-refractivity contribution in [1.29, 1.82) is 0 Å². The molecule has 38 valence electrons. The molecule has 1 aliphatic heterocycles. The van der Waals surface area contributed by atoms with Crippen LogP contribution >= 0.6 is 0 Å². The third-order valence-corrected chi connectivity index (χ3v) is 1.35. The molecule has 0 aliphatic carbocycles. The summed E-state index contributed by atoms with van der Waals surface area (Å²) in [6.45, 7) is 1.93. The molecule has 2 atom stereocenters. The lowest BCUT2D eigenvalue weighted by atomic mass is 9.78. The number of nitrogens with zero attached hydrogens (tertiary/aromatic N) is 1. The Balaban J connectivity index is 2.59. The van der Waals surface area contributed by atoms with E-state index in [-0.39, 0.29) is 11.9 Å². The van der Waals surface area contributed by atoms with Crippen LogP contribution in [-0.2, 0) is 0 Å². The van der Waals surface area contributed by atoms with Gasteiger partial charge in [-0.3, -0.25) is 0 Å². The zero-order valence-electron chi connectivity index (χ0n) is 4.76. The molecule has 0 bridgehead atoms. The zero-order chi connectivity index (χ0) is 6.15. The molecule has 2 unspecified atom stereocenters. The standard InChI is InChI=1S/C4H6B2N2/c1-2-3(5)7-8-4(2)6/h2-3,7H,1H3. The Morgan fingerprint density at radius 1 is 1.75 bits per heavy atom. The topological polar surface area (TPSA) is 24.4 Å². The van der Waals surface area contributed by atoms with Crippen molar-refractivity contribution in [1.82, 2.24) is 5.43 Å². The first-order chi connectivity index (χ1) is 3.72. The lowest BCUT2D eigenvalue weighted by Crippen LogP contribution is -2.27. The average Bonchev–Trinajstić information content (AvgIpc) is 1.98. The van der Waals surface area contributed by atoms with Gasteiger partial charge in [-0.2, -0.15) is 0 Å². The van der Waals surface area contributed by atoms with Crippen molar-refractivity contribution in [2.45, 2.75) is 12.9 Å². The number of hydrogen-bond donors (Lipinski definition) is 1. The molecule has 0 aromatic carbocycles. The van der Waals surface area contributed by atoms with Crippen LogP contribution in [0.2, 0.25) is 0 Å². The molecule has 0 spiro atoms. The molecule has 1 N–H and O–H groups in total. The maximum atomic E-state index is 5.46. The first kappa shape index (κ1) is 5.73. The molecular formula is C4H6B2N2. The molecule has 8 heavy (non-hydrogen) atoms. The van der Waals surface area contributed by atoms with Crippen LogP contribution in [0, 0.1) is 5.92 Å². The second kappa shape index (κ2) is 1.84. The minimum absolute atomic E-state index is 0.0880. The minimum atomic E-state index is -0.0880. The van der Waals surface area contributed by atoms with E-state index in [0.29, 0.717) is 5.61 Å². The van der Waals surface area contributed by atoms with Crippen molar-refractivity contribution in [3.05, 3.63) is 0 Å². The van der Waals surface area contributed by atoms with Crippen LogP contribution in [0.3, 0.4) is 0 Å². The molecule has 0 aromatic rings. The van der Waals surface area contributed by atoms with Crippen molar-refractivity contribution >= 4 is 21.3 Å². The summed E-state index contributed by atoms with van der Waals surface area (Å²) in [7, 11) is 10.8. The summed E-state index contributed by atoms with van der Waals surface area (Å²) in [5.74, 6) is 0.0880. The van der Waals surface area contributed by atoms with Gasteiger partial charge < -0.3 is 5.43 Å². The van der Waals surface area contributed by atoms with E-state index in [4.69, 9.17) is 15.7 Å². The Morgan fingerprint density at radius 3 is 2.50 bits per heavy atom. The monoisotopic (exact) mass is 104 g/mol. The lowest BCUT2D eigenvalue weighted by molar-refractivity contribution is 0.647. The van der Waals surface area contributed by atoms with Gasteiger partial charge >= 0.3 is 0 Å². The average molecular weight is 104 g/mol. The fraction of sp³-hybridized carbons (Fsp3) is 0.750. The second-order valence-electron chi connectivity index (χ2n) is 1.98. The predicted octanol–water partition coefficient (Wildman–Crippen LogP) is -0.798. The molecule has 1 heterocycles. The van der Waals surface area contributed by atoms with Crippen LogP contribution in [0.25, 0.3) is 0 Å². The van der Waals surface area contributed by atoms with Gasteiger partial charge in [-0.25, -0.2) is 5.10 Å². The predicted molar refractivity (Wildman–Crippen MR) is 35.0 cm³/mol. The number of rotatable bonds is 0. The summed E-state index contributed by atoms with van der Waals surface area (Å²) in [6.07, 6.45) is 0. The van der Waals surface area contributed by atoms with E-state index in [1.807, 2.05) is 6.92 Å². The molecular weight excluding hydrogens is 97.7 g/mol. The van der Waals surface area contributed by atoms with Gasteiger partial charge in [-0.05, 0) is 11.5 Å². The summed E-state index contributed by atoms with van der Waals surface area (Å²) >= 11 is 0. The van der Waals surface area contributed by atoms with Crippen molar-refractivity contribution < 1.29 is 0 Å². The third kappa shape index (κ3) is 0.746. The molecule has 0 saturated carbocycles. The van der Waals surface area contributed by atoms with E-state index in [2.05, 4.69) is 10.5 Å². The van der Waals surface area contributed by atoms with E-state index in [1.165, 1.54) is 0 Å². The molecule has 2 nitrogen and oxygen atoms in total. The van der Waals surface area contributed by atoms with Crippen molar-refractivity contribution in [3.63, 3.8) is 0 Å². The molecule has 0 aromatic heterocycles. The number of hydrazone groups is 1. The minimum Gasteiger partial charge on any atom is -0.316 e. The van der Waals surface area contributed by atoms with Crippen LogP contribution < -0.4 is 5.43 Å². The summed E-state index contributed by atoms with van der Waals surface area (Å²) in [4.78, 5) is 0. The maximum absolute atomic E-state index is 5.46. The Kier molecular flexibility index (Phi) is 1.32. The lowest BCUT2D eigenvalue weighted by Gasteiger charge is -2.07. The molecule has 1 rings (SSSR count). The first-order valence-corrected chi connectivity index (χ1v) is 2.56. The van der Waals surface area contributed by atoms with E-state index >= 15 is 0 Å². The highest BCUT2D eigenvalue weighted by molar-refractivity contribution is 6.61. The Hall–Kier alpha value is -0.400. The summed E-state index contributed by atoms with van der Waals surface area (Å²) in [6, 6.07) is 0. The van der Waals surface area contributed by atoms with E-state index < -0.39 is 0 Å². The smallest absolute Gasteiger partial charge is 0.138 e. The van der Waals surface area contributed by atoms with E-state index in [0.717, 1.165) is 0 Å². The first-order valence-electron chi connectivity index (χ1n) is 2.56. The van der Waals surface area contributed by atoms with Crippen LogP contribution in [0.5, 0.6) is 0 Å². The second-order valence-corrected chi connectivity index (χ2v) is 1.98. The van der Waals surface area contributed by atoms with Gasteiger partial charge in [0, 0.05) is 5.94 Å². The highest BCUT2D eigenvalue weighted by Crippen LogP contribution is 2.05. The van der Waals surface area contributed by atoms with Crippen LogP contribution in [-0.4, -0.2) is 27.2 Å². The van der Waals surface area contributed by atoms with Crippen molar-refractivity contribution in [2.75, 3.05) is 0 Å². The van der Waals surface area contributed by atoms with Gasteiger partial charge in [0.2, 0.25) is 0 Å². The molecule has 1 aliphatic rings. The molecule has 4 heteroatoms. The third-order valence-electron chi connectivity index (χ3n) is 1.35. The van der Waals surface area contributed by atoms with Crippen molar-refractivity contribution in [2.24, 2.45) is 11.0 Å². The maximum Gasteiger partial charge on any atom is 0.138 e. The largest absolute Gasteiger partial charge is 0.316 e. The highest BCUT2D eigenvalue weighted by Gasteiger charge is 2.18. The Bertz CT molecular complexity index is 123. The van der Waals surface area contributed by atoms with E-state index in [1.54, 1.807) is 0 Å². The number of nitrogens with one attached hydrogen (secondary N) is 1. The van der Waals surface area contributed by atoms with Gasteiger partial charge in [0.05, 0.1) is 0 Å². The fourth-order valence-corrected chi connectivity index (χ4v) is 0.547. The van der Waals surface area contributed by atoms with Gasteiger partial charge in [0.1, 0.15) is 15.7 Å². The molecule has 4 radical (unpaired) electrons. The van der Waals surface area contributed by atoms with Crippen LogP contribution in [0.15, 0.2) is 5.10 Å². The Labute approximate surface area is 51.5 Å². The van der Waals surface area contributed by atoms with Gasteiger partial charge in [0.25, 0.3) is 0 Å². The quantitative estimate of drug-likeness (QED) is 0.399. The van der Waals surface area contributed by atoms with Gasteiger partial charge in [-0.15, -0.1) is 0 Å². The van der Waals surface area contributed by atoms with Gasteiger partial charge in [-0.1, -0.05) is 6.92 Å². The highest BCUT2D eigenvalue weighted by atomic mass is 15.3. The fourth-order valence-electron chi connectivity index (χ4n) is 0.547. The summed E-state index contributed by atoms with van der Waals surface area (Å²) < 4.78 is 0. The summed E-state index contributed by atoms with van der Waals surface area (Å²) in [5.41, 5.74) is 3.25. The van der Waals surface area contributed by atoms with Crippen LogP contribution in [0.4, 0.5) is 0 Å². The molecule has 0 amide bonds. The molecule has 0 saturated heterocycles. The van der Waals surface area contributed by atoms with E-state index in [9.17, 15) is 0 Å². The van der Waals surface area contributed by atoms with Crippen molar-refractivity contribution in [3.8, 4) is 0 Å². The Morgan fingerprint density at radius 2 is 2.38 bits per heavy atom. The number of hydrogen-bond acceptors (Lipinski definition) is 2. The van der Waals surface area contributed by atoms with Gasteiger partial charge in [0.15, 0.2) is 0 Å². The zero-order valence-corrected chi connectivity index (χ0v) is 4.76. The van der Waals surface area contributed by atoms with Crippen LogP contribution in [0.1, 0.15) is 6.92 Å². The molecule has 0 fully saturated rings. The normalized spacial score (nSPS) is 36.4. The summed E-state index contributed by atoms with van der Waals surface area (Å²) in [5, 5.41) is 3.72.